The molecule has 0 aliphatic carbocycles. The number of halogens is 1. The second kappa shape index (κ2) is 13.8. The number of likely N-dealkylation sites (tertiary alicyclic amines) is 1. The monoisotopic (exact) mass is 546 g/mol. The Morgan fingerprint density at radius 2 is 1.83 bits per heavy atom. The van der Waals surface area contributed by atoms with Gasteiger partial charge in [0.2, 0.25) is 0 Å². The zero-order valence-electron chi connectivity index (χ0n) is 18.6. The Morgan fingerprint density at radius 1 is 1.13 bits per heavy atom. The van der Waals surface area contributed by atoms with E-state index in [0.717, 1.165) is 57.4 Å². The minimum Gasteiger partial charge on any atom is -0.381 e. The van der Waals surface area contributed by atoms with Gasteiger partial charge in [0.15, 0.2) is 5.96 Å². The summed E-state index contributed by atoms with van der Waals surface area (Å²) in [6, 6.07) is 11.3. The van der Waals surface area contributed by atoms with E-state index in [9.17, 15) is 0 Å². The van der Waals surface area contributed by atoms with Crippen LogP contribution in [0.2, 0.25) is 0 Å². The third kappa shape index (κ3) is 7.57. The van der Waals surface area contributed by atoms with Gasteiger partial charge in [-0.15, -0.1) is 24.0 Å². The minimum absolute atomic E-state index is 0. The predicted octanol–water partition coefficient (Wildman–Crippen LogP) is 4.30. The third-order valence-electron chi connectivity index (χ3n) is 5.95. The summed E-state index contributed by atoms with van der Waals surface area (Å²) >= 11 is 2.05. The number of ether oxygens (including phenoxy) is 1. The molecule has 30 heavy (non-hydrogen) atoms. The van der Waals surface area contributed by atoms with E-state index in [1.54, 1.807) is 0 Å². The van der Waals surface area contributed by atoms with Crippen LogP contribution in [0.3, 0.4) is 0 Å². The standard InChI is InChI=1S/C23H38N4OS.HI/c1-3-24-22(26-19-23(29-4-2)12-16-28-17-13-23)25-18-21(27-14-8-9-15-27)20-10-6-5-7-11-20;/h5-7,10-11,21H,3-4,8-9,12-19H2,1-2H3,(H2,24,25,26);1H. The maximum absolute atomic E-state index is 5.61. The van der Waals surface area contributed by atoms with E-state index in [2.05, 4.69) is 71.5 Å². The summed E-state index contributed by atoms with van der Waals surface area (Å²) < 4.78 is 5.84. The van der Waals surface area contributed by atoms with Gasteiger partial charge in [0.05, 0.1) is 12.6 Å². The SMILES string of the molecule is CCNC(=NCC1(SCC)CCOCC1)NCC(c1ccccc1)N1CCCC1.I. The molecule has 1 aromatic rings. The molecule has 0 aromatic heterocycles. The predicted molar refractivity (Wildman–Crippen MR) is 140 cm³/mol. The van der Waals surface area contributed by atoms with Gasteiger partial charge in [0, 0.05) is 31.1 Å². The largest absolute Gasteiger partial charge is 0.381 e. The van der Waals surface area contributed by atoms with Crippen LogP contribution < -0.4 is 10.6 Å². The van der Waals surface area contributed by atoms with Gasteiger partial charge in [-0.25, -0.2) is 0 Å². The quantitative estimate of drug-likeness (QED) is 0.275. The van der Waals surface area contributed by atoms with E-state index in [-0.39, 0.29) is 28.7 Å². The van der Waals surface area contributed by atoms with Gasteiger partial charge < -0.3 is 15.4 Å². The Bertz CT molecular complexity index is 613. The molecule has 2 heterocycles. The topological polar surface area (TPSA) is 48.9 Å². The Hall–Kier alpha value is -0.510. The zero-order chi connectivity index (χ0) is 20.4. The molecule has 0 amide bonds. The summed E-state index contributed by atoms with van der Waals surface area (Å²) in [6.45, 7) is 11.1. The molecule has 2 N–H and O–H groups in total. The van der Waals surface area contributed by atoms with E-state index in [4.69, 9.17) is 9.73 Å². The smallest absolute Gasteiger partial charge is 0.191 e. The first kappa shape index (κ1) is 25.7. The van der Waals surface area contributed by atoms with Crippen molar-refractivity contribution in [3.05, 3.63) is 35.9 Å². The first-order valence-electron chi connectivity index (χ1n) is 11.3. The molecule has 5 nitrogen and oxygen atoms in total. The van der Waals surface area contributed by atoms with Gasteiger partial charge in [-0.05, 0) is 57.0 Å². The number of benzene rings is 1. The molecule has 3 rings (SSSR count). The van der Waals surface area contributed by atoms with Crippen LogP contribution in [0.4, 0.5) is 0 Å². The van der Waals surface area contributed by atoms with Crippen LogP contribution in [0.15, 0.2) is 35.3 Å². The van der Waals surface area contributed by atoms with Crippen molar-refractivity contribution in [3.63, 3.8) is 0 Å². The van der Waals surface area contributed by atoms with Gasteiger partial charge >= 0.3 is 0 Å². The summed E-state index contributed by atoms with van der Waals surface area (Å²) in [5.74, 6) is 2.07. The Balaban J connectivity index is 0.00000320. The molecule has 1 aromatic carbocycles. The highest BCUT2D eigenvalue weighted by Crippen LogP contribution is 2.35. The summed E-state index contributed by atoms with van der Waals surface area (Å²) in [4.78, 5) is 7.63. The van der Waals surface area contributed by atoms with E-state index in [1.807, 2.05) is 0 Å². The van der Waals surface area contributed by atoms with E-state index >= 15 is 0 Å². The van der Waals surface area contributed by atoms with Crippen LogP contribution >= 0.6 is 35.7 Å². The summed E-state index contributed by atoms with van der Waals surface area (Å²) in [6.07, 6.45) is 4.79. The van der Waals surface area contributed by atoms with Gasteiger partial charge in [-0.1, -0.05) is 37.3 Å². The lowest BCUT2D eigenvalue weighted by Crippen LogP contribution is -2.44. The molecule has 0 radical (unpaired) electrons. The van der Waals surface area contributed by atoms with Crippen molar-refractivity contribution in [2.24, 2.45) is 4.99 Å². The van der Waals surface area contributed by atoms with Crippen molar-refractivity contribution >= 4 is 41.7 Å². The van der Waals surface area contributed by atoms with Crippen molar-refractivity contribution in [2.75, 3.05) is 51.7 Å². The lowest BCUT2D eigenvalue weighted by Gasteiger charge is -2.35. The van der Waals surface area contributed by atoms with Crippen LogP contribution in [-0.4, -0.2) is 67.3 Å². The molecular formula is C23H39IN4OS. The number of nitrogens with zero attached hydrogens (tertiary/aromatic N) is 2. The van der Waals surface area contributed by atoms with Crippen molar-refractivity contribution in [1.29, 1.82) is 0 Å². The molecule has 170 valence electrons. The molecule has 0 bridgehead atoms. The maximum atomic E-state index is 5.61. The summed E-state index contributed by atoms with van der Waals surface area (Å²) in [5.41, 5.74) is 1.39. The van der Waals surface area contributed by atoms with Gasteiger partial charge in [-0.3, -0.25) is 9.89 Å². The zero-order valence-corrected chi connectivity index (χ0v) is 21.7. The average molecular weight is 547 g/mol. The second-order valence-electron chi connectivity index (χ2n) is 7.97. The number of aliphatic imine (C=N–C) groups is 1. The van der Waals surface area contributed by atoms with E-state index in [0.29, 0.717) is 6.04 Å². The van der Waals surface area contributed by atoms with Crippen LogP contribution in [0.1, 0.15) is 51.1 Å². The minimum atomic E-state index is 0. The molecule has 2 saturated heterocycles. The first-order chi connectivity index (χ1) is 14.3. The molecular weight excluding hydrogens is 507 g/mol. The molecule has 2 fully saturated rings. The lowest BCUT2D eigenvalue weighted by molar-refractivity contribution is 0.0793. The van der Waals surface area contributed by atoms with Crippen LogP contribution in [0.25, 0.3) is 0 Å². The first-order valence-corrected chi connectivity index (χ1v) is 12.3. The van der Waals surface area contributed by atoms with E-state index < -0.39 is 0 Å². The maximum Gasteiger partial charge on any atom is 0.191 e. The number of nitrogens with one attached hydrogen (secondary N) is 2. The summed E-state index contributed by atoms with van der Waals surface area (Å²) in [5, 5.41) is 7.11. The second-order valence-corrected chi connectivity index (χ2v) is 9.71. The highest BCUT2D eigenvalue weighted by molar-refractivity contribution is 14.0. The fraction of sp³-hybridized carbons (Fsp3) is 0.696. The molecule has 0 spiro atoms. The van der Waals surface area contributed by atoms with Gasteiger partial charge in [-0.2, -0.15) is 11.8 Å². The summed E-state index contributed by atoms with van der Waals surface area (Å²) in [7, 11) is 0. The Kier molecular flexibility index (Phi) is 11.8. The van der Waals surface area contributed by atoms with Crippen molar-refractivity contribution in [3.8, 4) is 0 Å². The van der Waals surface area contributed by atoms with E-state index in [1.165, 1.54) is 31.5 Å². The molecule has 7 heteroatoms. The average Bonchev–Trinajstić information content (AvgIpc) is 3.28. The van der Waals surface area contributed by atoms with Gasteiger partial charge in [0.1, 0.15) is 0 Å². The number of rotatable bonds is 9. The van der Waals surface area contributed by atoms with Crippen LogP contribution in [0, 0.1) is 0 Å². The fourth-order valence-electron chi connectivity index (χ4n) is 4.34. The highest BCUT2D eigenvalue weighted by Gasteiger charge is 2.32. The lowest BCUT2D eigenvalue weighted by atomic mass is 9.99. The molecule has 1 unspecified atom stereocenters. The fourth-order valence-corrected chi connectivity index (χ4v) is 5.57. The molecule has 1 atom stereocenters. The Labute approximate surface area is 204 Å². The normalized spacial score (nSPS) is 20.4. The van der Waals surface area contributed by atoms with Gasteiger partial charge in [0.25, 0.3) is 0 Å². The van der Waals surface area contributed by atoms with Crippen molar-refractivity contribution < 1.29 is 4.74 Å². The number of hydrogen-bond acceptors (Lipinski definition) is 4. The van der Waals surface area contributed by atoms with Crippen molar-refractivity contribution in [1.82, 2.24) is 15.5 Å². The third-order valence-corrected chi connectivity index (χ3v) is 7.39. The van der Waals surface area contributed by atoms with Crippen molar-refractivity contribution in [2.45, 2.75) is 50.3 Å². The molecule has 2 aliphatic rings. The molecule has 0 saturated carbocycles. The molecule has 2 aliphatic heterocycles. The number of hydrogen-bond donors (Lipinski definition) is 2. The number of guanidine groups is 1. The number of thioether (sulfide) groups is 1. The van der Waals surface area contributed by atoms with Crippen LogP contribution in [0.5, 0.6) is 0 Å². The Morgan fingerprint density at radius 3 is 2.47 bits per heavy atom. The highest BCUT2D eigenvalue weighted by atomic mass is 127. The van der Waals surface area contributed by atoms with Crippen LogP contribution in [-0.2, 0) is 4.74 Å².